The van der Waals surface area contributed by atoms with E-state index < -0.39 is 5.97 Å². The Morgan fingerprint density at radius 1 is 1.75 bits per heavy atom. The van der Waals surface area contributed by atoms with Crippen molar-refractivity contribution in [3.8, 4) is 0 Å². The van der Waals surface area contributed by atoms with Gasteiger partial charge in [0.25, 0.3) is 0 Å². The third kappa shape index (κ3) is 9.93. The van der Waals surface area contributed by atoms with Crippen LogP contribution in [0.25, 0.3) is 0 Å². The van der Waals surface area contributed by atoms with Gasteiger partial charge in [0.05, 0.1) is 0 Å². The van der Waals surface area contributed by atoms with Crippen LogP contribution >= 0.6 is 0 Å². The molecule has 3 nitrogen and oxygen atoms in total. The maximum absolute atomic E-state index is 9.60. The summed E-state index contributed by atoms with van der Waals surface area (Å²) in [6.07, 6.45) is 0. The van der Waals surface area contributed by atoms with Crippen molar-refractivity contribution in [1.29, 1.82) is 0 Å². The second-order valence-corrected chi connectivity index (χ2v) is 1.09. The Kier molecular flexibility index (Phi) is 15.5. The van der Waals surface area contributed by atoms with Crippen molar-refractivity contribution in [2.45, 2.75) is 6.92 Å². The molecule has 4 heteroatoms. The predicted molar refractivity (Wildman–Crippen MR) is 27.2 cm³/mol. The zero-order valence-electron chi connectivity index (χ0n) is 6.06. The molecule has 44 valence electrons. The molecule has 0 radical (unpaired) electrons. The fourth-order valence-electron chi connectivity index (χ4n) is 0. The second-order valence-electron chi connectivity index (χ2n) is 1.09. The van der Waals surface area contributed by atoms with Crippen LogP contribution in [-0.4, -0.2) is 16.6 Å². The van der Waals surface area contributed by atoms with E-state index in [9.17, 15) is 4.79 Å². The molecule has 0 aliphatic rings. The molecule has 8 heavy (non-hydrogen) atoms. The van der Waals surface area contributed by atoms with E-state index in [4.69, 9.17) is 5.11 Å². The molecule has 0 amide bonds. The van der Waals surface area contributed by atoms with E-state index in [0.29, 0.717) is 0 Å². The van der Waals surface area contributed by atoms with Gasteiger partial charge in [-0.3, -0.25) is 0 Å². The first-order chi connectivity index (χ1) is 2.64. The van der Waals surface area contributed by atoms with Gasteiger partial charge >= 0.3 is 57.4 Å². The summed E-state index contributed by atoms with van der Waals surface area (Å²) in [6, 6.07) is 0. The fourth-order valence-corrected chi connectivity index (χ4v) is 0. The summed E-state index contributed by atoms with van der Waals surface area (Å²) >= 11 is 0. The summed E-state index contributed by atoms with van der Waals surface area (Å²) in [6.45, 7) is 4.60. The maximum Gasteiger partial charge on any atom is 1.00 e. The molecule has 0 spiro atoms. The minimum atomic E-state index is -0.935. The maximum atomic E-state index is 9.60. The Morgan fingerprint density at radius 3 is 1.88 bits per heavy atom. The summed E-state index contributed by atoms with van der Waals surface area (Å²) in [5, 5.41) is 7.89. The number of carbonyl (C=O) groups is 1. The van der Waals surface area contributed by atoms with Crippen molar-refractivity contribution in [1.82, 2.24) is 0 Å². The van der Waals surface area contributed by atoms with Gasteiger partial charge in [-0.2, -0.15) is 0 Å². The number of aliphatic carboxylic acids is 1. The van der Waals surface area contributed by atoms with E-state index in [1.807, 2.05) is 0 Å². The first kappa shape index (κ1) is 15.9. The normalized spacial score (nSPS) is 5.62. The van der Waals surface area contributed by atoms with Crippen molar-refractivity contribution in [3.05, 3.63) is 12.2 Å². The van der Waals surface area contributed by atoms with E-state index in [2.05, 4.69) is 6.58 Å². The average Bonchev–Trinajstić information content (AvgIpc) is 1.36. The smallest absolute Gasteiger partial charge is 1.00 e. The standard InChI is InChI=1S/C4H6O2.K.H2O.H/c1-3(2)4(5)6;;;/h1H2,2H3,(H,5,6);;1H2;/q;+1;;-1. The van der Waals surface area contributed by atoms with Crippen LogP contribution in [0.1, 0.15) is 8.35 Å². The molecule has 0 aliphatic heterocycles. The van der Waals surface area contributed by atoms with Crippen molar-refractivity contribution < 1.29 is 68.2 Å². The van der Waals surface area contributed by atoms with Crippen molar-refractivity contribution in [2.75, 3.05) is 0 Å². The van der Waals surface area contributed by atoms with Crippen LogP contribution in [0.5, 0.6) is 0 Å². The van der Waals surface area contributed by atoms with Crippen LogP contribution in [0.15, 0.2) is 12.2 Å². The van der Waals surface area contributed by atoms with Crippen LogP contribution in [0.3, 0.4) is 0 Å². The molecule has 3 N–H and O–H groups in total. The van der Waals surface area contributed by atoms with Crippen molar-refractivity contribution >= 4 is 5.97 Å². The number of rotatable bonds is 1. The predicted octanol–water partition coefficient (Wildman–Crippen LogP) is -3.06. The molecular formula is C4H9KO3. The molecular weight excluding hydrogens is 135 g/mol. The van der Waals surface area contributed by atoms with Gasteiger partial charge in [0.1, 0.15) is 0 Å². The second kappa shape index (κ2) is 7.81. The van der Waals surface area contributed by atoms with E-state index in [0.717, 1.165) is 0 Å². The summed E-state index contributed by atoms with van der Waals surface area (Å²) in [5.41, 5.74) is 0.176. The number of carboxylic acids is 1. The Bertz CT molecular complexity index is 81.8. The van der Waals surface area contributed by atoms with Gasteiger partial charge in [-0.15, -0.1) is 0 Å². The monoisotopic (exact) mass is 144 g/mol. The molecule has 0 unspecified atom stereocenters. The molecule has 0 aromatic carbocycles. The quantitative estimate of drug-likeness (QED) is 0.313. The Balaban J connectivity index is -0.0000000417. The number of hydrogen-bond donors (Lipinski definition) is 1. The summed E-state index contributed by atoms with van der Waals surface area (Å²) in [5.74, 6) is -0.935. The minimum absolute atomic E-state index is 0. The van der Waals surface area contributed by atoms with Gasteiger partial charge in [-0.25, -0.2) is 4.79 Å². The topological polar surface area (TPSA) is 68.8 Å². The van der Waals surface area contributed by atoms with Crippen LogP contribution in [0.4, 0.5) is 0 Å². The van der Waals surface area contributed by atoms with E-state index >= 15 is 0 Å². The molecule has 0 aliphatic carbocycles. The SMILES string of the molecule is C=C(C)C(=O)O.O.[H-].[K+]. The Hall–Kier alpha value is 0.806. The third-order valence-corrected chi connectivity index (χ3v) is 0.365. The Labute approximate surface area is 92.0 Å². The van der Waals surface area contributed by atoms with Crippen molar-refractivity contribution in [3.63, 3.8) is 0 Å². The van der Waals surface area contributed by atoms with E-state index in [1.54, 1.807) is 0 Å². The van der Waals surface area contributed by atoms with Gasteiger partial charge in [0.2, 0.25) is 0 Å². The number of hydrogen-bond acceptors (Lipinski definition) is 1. The summed E-state index contributed by atoms with van der Waals surface area (Å²) in [4.78, 5) is 9.60. The first-order valence-electron chi connectivity index (χ1n) is 1.53. The molecule has 0 rings (SSSR count). The molecule has 0 aromatic rings. The van der Waals surface area contributed by atoms with Crippen LogP contribution in [-0.2, 0) is 4.79 Å². The minimum Gasteiger partial charge on any atom is -1.00 e. The van der Waals surface area contributed by atoms with Crippen molar-refractivity contribution in [2.24, 2.45) is 0 Å². The zero-order valence-corrected chi connectivity index (χ0v) is 8.19. The third-order valence-electron chi connectivity index (χ3n) is 0.365. The van der Waals surface area contributed by atoms with Crippen LogP contribution < -0.4 is 51.4 Å². The molecule has 0 heterocycles. The van der Waals surface area contributed by atoms with E-state index in [-0.39, 0.29) is 63.9 Å². The molecule has 0 fully saturated rings. The molecule has 0 saturated carbocycles. The van der Waals surface area contributed by atoms with Crippen LogP contribution in [0.2, 0.25) is 0 Å². The van der Waals surface area contributed by atoms with Gasteiger partial charge in [0.15, 0.2) is 0 Å². The summed E-state index contributed by atoms with van der Waals surface area (Å²) < 4.78 is 0. The van der Waals surface area contributed by atoms with E-state index in [1.165, 1.54) is 6.92 Å². The Morgan fingerprint density at radius 2 is 1.88 bits per heavy atom. The molecule has 0 atom stereocenters. The molecule has 0 saturated heterocycles. The fraction of sp³-hybridized carbons (Fsp3) is 0.250. The van der Waals surface area contributed by atoms with Crippen LogP contribution in [0, 0.1) is 0 Å². The summed E-state index contributed by atoms with van der Waals surface area (Å²) in [7, 11) is 0. The number of carboxylic acid groups (broad SMARTS) is 1. The average molecular weight is 144 g/mol. The largest absolute Gasteiger partial charge is 1.00 e. The van der Waals surface area contributed by atoms with Gasteiger partial charge < -0.3 is 12.0 Å². The molecule has 0 bridgehead atoms. The van der Waals surface area contributed by atoms with Gasteiger partial charge in [-0.1, -0.05) is 6.58 Å². The molecule has 0 aromatic heterocycles. The first-order valence-corrected chi connectivity index (χ1v) is 1.53. The van der Waals surface area contributed by atoms with Gasteiger partial charge in [0, 0.05) is 5.57 Å². The van der Waals surface area contributed by atoms with Gasteiger partial charge in [-0.05, 0) is 6.92 Å². The zero-order chi connectivity index (χ0) is 5.15.